The van der Waals surface area contributed by atoms with Crippen LogP contribution in [-0.4, -0.2) is 25.4 Å². The molecule has 0 saturated carbocycles. The number of nitrogens with zero attached hydrogens (tertiary/aromatic N) is 2. The molecule has 6 heteroatoms. The summed E-state index contributed by atoms with van der Waals surface area (Å²) in [5.74, 6) is 0.319. The molecule has 5 nitrogen and oxygen atoms in total. The van der Waals surface area contributed by atoms with Crippen molar-refractivity contribution in [2.75, 3.05) is 12.0 Å². The van der Waals surface area contributed by atoms with Crippen molar-refractivity contribution in [2.24, 2.45) is 7.05 Å². The van der Waals surface area contributed by atoms with Gasteiger partial charge in [-0.1, -0.05) is 0 Å². The standard InChI is InChI=1S/C8H12N2O3S/c1-9-4-3-7(11)10(8(9)12)5-6-14(2)13/h3-4H,5-6H2,1-2H3. The van der Waals surface area contributed by atoms with Crippen LogP contribution in [0.2, 0.25) is 0 Å². The molecular formula is C8H12N2O3S. The predicted molar refractivity (Wildman–Crippen MR) is 54.9 cm³/mol. The van der Waals surface area contributed by atoms with E-state index < -0.39 is 10.8 Å². The van der Waals surface area contributed by atoms with Crippen molar-refractivity contribution in [1.82, 2.24) is 9.13 Å². The van der Waals surface area contributed by atoms with Gasteiger partial charge < -0.3 is 4.57 Å². The lowest BCUT2D eigenvalue weighted by Gasteiger charge is -2.04. The Balaban J connectivity index is 3.08. The second kappa shape index (κ2) is 4.36. The van der Waals surface area contributed by atoms with E-state index in [2.05, 4.69) is 0 Å². The second-order valence-corrected chi connectivity index (χ2v) is 4.53. The predicted octanol–water partition coefficient (Wildman–Crippen LogP) is -1.07. The van der Waals surface area contributed by atoms with Gasteiger partial charge in [-0.2, -0.15) is 0 Å². The van der Waals surface area contributed by atoms with Crippen molar-refractivity contribution in [1.29, 1.82) is 0 Å². The summed E-state index contributed by atoms with van der Waals surface area (Å²) >= 11 is 0. The van der Waals surface area contributed by atoms with Gasteiger partial charge in [0, 0.05) is 48.7 Å². The van der Waals surface area contributed by atoms with Crippen LogP contribution in [-0.2, 0) is 24.4 Å². The summed E-state index contributed by atoms with van der Waals surface area (Å²) in [5.41, 5.74) is -0.721. The zero-order chi connectivity index (χ0) is 10.7. The van der Waals surface area contributed by atoms with Crippen LogP contribution in [0.15, 0.2) is 21.9 Å². The molecule has 0 aliphatic rings. The Bertz CT molecular complexity index is 460. The molecule has 0 N–H and O–H groups in total. The van der Waals surface area contributed by atoms with E-state index in [0.29, 0.717) is 5.75 Å². The summed E-state index contributed by atoms with van der Waals surface area (Å²) < 4.78 is 13.2. The highest BCUT2D eigenvalue weighted by Crippen LogP contribution is 1.79. The van der Waals surface area contributed by atoms with Crippen LogP contribution in [0.3, 0.4) is 0 Å². The highest BCUT2D eigenvalue weighted by Gasteiger charge is 2.02. The second-order valence-electron chi connectivity index (χ2n) is 2.98. The Morgan fingerprint density at radius 1 is 1.43 bits per heavy atom. The Morgan fingerprint density at radius 3 is 2.64 bits per heavy atom. The fraction of sp³-hybridized carbons (Fsp3) is 0.500. The topological polar surface area (TPSA) is 61.1 Å². The molecule has 0 aromatic carbocycles. The first-order valence-corrected chi connectivity index (χ1v) is 5.81. The first kappa shape index (κ1) is 10.9. The molecule has 0 aliphatic carbocycles. The Kier molecular flexibility index (Phi) is 3.40. The van der Waals surface area contributed by atoms with Crippen LogP contribution in [0.4, 0.5) is 0 Å². The van der Waals surface area contributed by atoms with Crippen molar-refractivity contribution < 1.29 is 4.21 Å². The molecule has 0 saturated heterocycles. The fourth-order valence-electron chi connectivity index (χ4n) is 1.04. The number of rotatable bonds is 3. The van der Waals surface area contributed by atoms with E-state index in [1.807, 2.05) is 0 Å². The molecule has 1 rings (SSSR count). The average molecular weight is 216 g/mol. The number of hydrogen-bond donors (Lipinski definition) is 0. The maximum Gasteiger partial charge on any atom is 0.330 e. The third kappa shape index (κ3) is 2.41. The quantitative estimate of drug-likeness (QED) is 0.646. The van der Waals surface area contributed by atoms with Gasteiger partial charge >= 0.3 is 5.69 Å². The van der Waals surface area contributed by atoms with Crippen molar-refractivity contribution in [3.63, 3.8) is 0 Å². The van der Waals surface area contributed by atoms with E-state index in [1.165, 1.54) is 16.8 Å². The summed E-state index contributed by atoms with van der Waals surface area (Å²) in [6.07, 6.45) is 2.96. The van der Waals surface area contributed by atoms with Crippen molar-refractivity contribution in [3.8, 4) is 0 Å². The molecule has 78 valence electrons. The molecule has 1 atom stereocenters. The van der Waals surface area contributed by atoms with Crippen LogP contribution in [0, 0.1) is 0 Å². The van der Waals surface area contributed by atoms with Gasteiger partial charge in [0.25, 0.3) is 5.56 Å². The van der Waals surface area contributed by atoms with Crippen LogP contribution in [0.5, 0.6) is 0 Å². The Labute approximate surface area is 83.4 Å². The average Bonchev–Trinajstić information content (AvgIpc) is 2.11. The maximum absolute atomic E-state index is 11.4. The lowest BCUT2D eigenvalue weighted by molar-refractivity contribution is 0.618. The van der Waals surface area contributed by atoms with Gasteiger partial charge in [0.2, 0.25) is 0 Å². The molecule has 1 unspecified atom stereocenters. The minimum atomic E-state index is -0.997. The lowest BCUT2D eigenvalue weighted by atomic mass is 10.6. The highest BCUT2D eigenvalue weighted by molar-refractivity contribution is 7.84. The van der Waals surface area contributed by atoms with Gasteiger partial charge in [-0.25, -0.2) is 4.79 Å². The molecule has 14 heavy (non-hydrogen) atoms. The molecule has 1 aromatic heterocycles. The minimum absolute atomic E-state index is 0.204. The van der Waals surface area contributed by atoms with E-state index >= 15 is 0 Å². The number of aromatic nitrogens is 2. The van der Waals surface area contributed by atoms with E-state index in [0.717, 1.165) is 4.57 Å². The normalized spacial score (nSPS) is 12.7. The van der Waals surface area contributed by atoms with E-state index in [1.54, 1.807) is 13.3 Å². The molecule has 0 bridgehead atoms. The van der Waals surface area contributed by atoms with E-state index in [-0.39, 0.29) is 17.8 Å². The van der Waals surface area contributed by atoms with Gasteiger partial charge in [0.1, 0.15) is 0 Å². The van der Waals surface area contributed by atoms with Gasteiger partial charge in [0.05, 0.1) is 0 Å². The smallest absolute Gasteiger partial charge is 0.303 e. The zero-order valence-corrected chi connectivity index (χ0v) is 8.91. The Hall–Kier alpha value is -1.17. The van der Waals surface area contributed by atoms with Crippen molar-refractivity contribution >= 4 is 10.8 Å². The summed E-state index contributed by atoms with van der Waals surface area (Å²) in [7, 11) is 0.574. The molecule has 0 amide bonds. The maximum atomic E-state index is 11.4. The SMILES string of the molecule is Cn1ccc(=O)n(CCS(C)=O)c1=O. The van der Waals surface area contributed by atoms with Crippen LogP contribution in [0.25, 0.3) is 0 Å². The summed E-state index contributed by atoms with van der Waals surface area (Å²) in [6, 6.07) is 1.32. The number of aryl methyl sites for hydroxylation is 1. The largest absolute Gasteiger partial charge is 0.330 e. The molecule has 0 aliphatic heterocycles. The van der Waals surface area contributed by atoms with Crippen LogP contribution in [0.1, 0.15) is 0 Å². The zero-order valence-electron chi connectivity index (χ0n) is 8.10. The van der Waals surface area contributed by atoms with E-state index in [4.69, 9.17) is 0 Å². The van der Waals surface area contributed by atoms with Crippen molar-refractivity contribution in [3.05, 3.63) is 33.1 Å². The summed E-state index contributed by atoms with van der Waals surface area (Å²) in [6.45, 7) is 0.204. The Morgan fingerprint density at radius 2 is 2.07 bits per heavy atom. The fourth-order valence-corrected chi connectivity index (χ4v) is 1.48. The van der Waals surface area contributed by atoms with E-state index in [9.17, 15) is 13.8 Å². The first-order chi connectivity index (χ1) is 6.52. The van der Waals surface area contributed by atoms with Crippen molar-refractivity contribution in [2.45, 2.75) is 6.54 Å². The lowest BCUT2D eigenvalue weighted by Crippen LogP contribution is -2.38. The first-order valence-electron chi connectivity index (χ1n) is 4.09. The molecule has 0 fully saturated rings. The third-order valence-corrected chi connectivity index (χ3v) is 2.60. The minimum Gasteiger partial charge on any atom is -0.303 e. The van der Waals surface area contributed by atoms with Gasteiger partial charge in [-0.05, 0) is 0 Å². The monoisotopic (exact) mass is 216 g/mol. The van der Waals surface area contributed by atoms with Gasteiger partial charge in [-0.3, -0.25) is 13.6 Å². The van der Waals surface area contributed by atoms with Crippen LogP contribution < -0.4 is 11.2 Å². The third-order valence-electron chi connectivity index (χ3n) is 1.84. The molecule has 1 heterocycles. The van der Waals surface area contributed by atoms with Gasteiger partial charge in [-0.15, -0.1) is 0 Å². The summed E-state index contributed by atoms with van der Waals surface area (Å²) in [5, 5.41) is 0. The molecule has 0 radical (unpaired) electrons. The molecule has 0 spiro atoms. The van der Waals surface area contributed by atoms with Gasteiger partial charge in [0.15, 0.2) is 0 Å². The highest BCUT2D eigenvalue weighted by atomic mass is 32.2. The number of hydrogen-bond acceptors (Lipinski definition) is 3. The molecular weight excluding hydrogens is 204 g/mol. The van der Waals surface area contributed by atoms with Crippen LogP contribution >= 0.6 is 0 Å². The summed E-state index contributed by atoms with van der Waals surface area (Å²) in [4.78, 5) is 22.7. The molecule has 1 aromatic rings.